The van der Waals surface area contributed by atoms with Crippen molar-refractivity contribution in [2.24, 2.45) is 0 Å². The van der Waals surface area contributed by atoms with Gasteiger partial charge in [-0.2, -0.15) is 0 Å². The van der Waals surface area contributed by atoms with Gasteiger partial charge in [0.05, 0.1) is 5.69 Å². The molecule has 0 saturated carbocycles. The lowest BCUT2D eigenvalue weighted by atomic mass is 10.2. The minimum atomic E-state index is -0.319. The van der Waals surface area contributed by atoms with Gasteiger partial charge in [0.2, 0.25) is 0 Å². The molecule has 136 valence electrons. The Bertz CT molecular complexity index is 1060. The molecule has 0 saturated heterocycles. The van der Waals surface area contributed by atoms with Crippen molar-refractivity contribution in [1.29, 1.82) is 0 Å². The summed E-state index contributed by atoms with van der Waals surface area (Å²) in [5.41, 5.74) is 4.25. The maximum absolute atomic E-state index is 13.3. The summed E-state index contributed by atoms with van der Waals surface area (Å²) in [5, 5.41) is 5.10. The van der Waals surface area contributed by atoms with Gasteiger partial charge in [-0.1, -0.05) is 41.9 Å². The molecule has 0 spiro atoms. The molecule has 3 nitrogen and oxygen atoms in total. The van der Waals surface area contributed by atoms with Crippen molar-refractivity contribution in [2.75, 3.05) is 0 Å². The van der Waals surface area contributed by atoms with E-state index in [4.69, 9.17) is 11.6 Å². The third-order valence-electron chi connectivity index (χ3n) is 4.57. The maximum atomic E-state index is 13.3. The van der Waals surface area contributed by atoms with Crippen LogP contribution in [0.25, 0.3) is 10.9 Å². The quantitative estimate of drug-likeness (QED) is 0.501. The number of aromatic nitrogens is 2. The van der Waals surface area contributed by atoms with Crippen molar-refractivity contribution in [1.82, 2.24) is 14.9 Å². The summed E-state index contributed by atoms with van der Waals surface area (Å²) in [6.07, 6.45) is 3.94. The number of hydrogen-bond acceptors (Lipinski definition) is 2. The molecule has 2 heterocycles. The van der Waals surface area contributed by atoms with Crippen LogP contribution in [0.5, 0.6) is 0 Å². The van der Waals surface area contributed by atoms with Crippen molar-refractivity contribution in [3.05, 3.63) is 101 Å². The van der Waals surface area contributed by atoms with E-state index in [0.29, 0.717) is 18.1 Å². The second kappa shape index (κ2) is 7.91. The number of halogens is 2. The van der Waals surface area contributed by atoms with Crippen molar-refractivity contribution < 1.29 is 4.39 Å². The first-order chi connectivity index (χ1) is 13.2. The first-order valence-corrected chi connectivity index (χ1v) is 9.20. The van der Waals surface area contributed by atoms with Crippen LogP contribution in [0.2, 0.25) is 5.02 Å². The molecule has 0 aliphatic carbocycles. The van der Waals surface area contributed by atoms with E-state index in [-0.39, 0.29) is 5.82 Å². The van der Waals surface area contributed by atoms with Crippen molar-refractivity contribution in [3.8, 4) is 0 Å². The standard InChI is InChI=1S/C22H19ClFN3/c23-21-11-18(24)9-8-16(21)14-27-15-17(20-6-1-2-7-22(20)27)12-25-13-19-5-3-4-10-26-19/h1-11,15,25H,12-14H2. The second-order valence-corrected chi connectivity index (χ2v) is 6.87. The highest BCUT2D eigenvalue weighted by Gasteiger charge is 2.10. The van der Waals surface area contributed by atoms with Crippen LogP contribution < -0.4 is 5.32 Å². The van der Waals surface area contributed by atoms with E-state index in [1.807, 2.05) is 30.3 Å². The average Bonchev–Trinajstić information content (AvgIpc) is 3.03. The molecule has 2 aromatic heterocycles. The molecule has 27 heavy (non-hydrogen) atoms. The van der Waals surface area contributed by atoms with E-state index in [1.165, 1.54) is 23.1 Å². The van der Waals surface area contributed by atoms with Gasteiger partial charge in [0.15, 0.2) is 0 Å². The van der Waals surface area contributed by atoms with Gasteiger partial charge in [-0.05, 0) is 41.5 Å². The molecule has 4 rings (SSSR count). The number of fused-ring (bicyclic) bond motifs is 1. The van der Waals surface area contributed by atoms with Gasteiger partial charge in [-0.25, -0.2) is 4.39 Å². The molecule has 2 aromatic carbocycles. The Balaban J connectivity index is 1.57. The maximum Gasteiger partial charge on any atom is 0.124 e. The van der Waals surface area contributed by atoms with Crippen LogP contribution in [-0.2, 0) is 19.6 Å². The molecule has 0 atom stereocenters. The summed E-state index contributed by atoms with van der Waals surface area (Å²) in [4.78, 5) is 4.34. The first kappa shape index (κ1) is 17.7. The van der Waals surface area contributed by atoms with Crippen LogP contribution in [0, 0.1) is 5.82 Å². The molecular formula is C22H19ClFN3. The lowest BCUT2D eigenvalue weighted by Crippen LogP contribution is -2.13. The summed E-state index contributed by atoms with van der Waals surface area (Å²) in [7, 11) is 0. The molecule has 0 amide bonds. The normalized spacial score (nSPS) is 11.2. The van der Waals surface area contributed by atoms with Crippen LogP contribution in [0.15, 0.2) is 73.1 Å². The summed E-state index contributed by atoms with van der Waals surface area (Å²) in [6, 6.07) is 18.7. The molecule has 5 heteroatoms. The minimum Gasteiger partial charge on any atom is -0.343 e. The van der Waals surface area contributed by atoms with Crippen molar-refractivity contribution in [3.63, 3.8) is 0 Å². The Morgan fingerprint density at radius 2 is 1.81 bits per heavy atom. The van der Waals surface area contributed by atoms with E-state index >= 15 is 0 Å². The largest absolute Gasteiger partial charge is 0.343 e. The molecule has 0 unspecified atom stereocenters. The number of nitrogens with one attached hydrogen (secondary N) is 1. The van der Waals surface area contributed by atoms with Crippen LogP contribution in [0.1, 0.15) is 16.8 Å². The molecule has 0 bridgehead atoms. The molecule has 0 fully saturated rings. The Kier molecular flexibility index (Phi) is 5.19. The fourth-order valence-corrected chi connectivity index (χ4v) is 3.48. The Morgan fingerprint density at radius 3 is 2.63 bits per heavy atom. The van der Waals surface area contributed by atoms with Crippen LogP contribution in [0.3, 0.4) is 0 Å². The number of nitrogens with zero attached hydrogens (tertiary/aromatic N) is 2. The fraction of sp³-hybridized carbons (Fsp3) is 0.136. The van der Waals surface area contributed by atoms with Crippen molar-refractivity contribution in [2.45, 2.75) is 19.6 Å². The number of benzene rings is 2. The van der Waals surface area contributed by atoms with Crippen LogP contribution >= 0.6 is 11.6 Å². The van der Waals surface area contributed by atoms with E-state index in [2.05, 4.69) is 33.2 Å². The average molecular weight is 380 g/mol. The van der Waals surface area contributed by atoms with E-state index < -0.39 is 0 Å². The lowest BCUT2D eigenvalue weighted by Gasteiger charge is -2.07. The number of hydrogen-bond donors (Lipinski definition) is 1. The van der Waals surface area contributed by atoms with Gasteiger partial charge < -0.3 is 9.88 Å². The molecule has 1 N–H and O–H groups in total. The molecule has 0 aliphatic heterocycles. The van der Waals surface area contributed by atoms with E-state index in [0.717, 1.165) is 23.3 Å². The predicted molar refractivity (Wildman–Crippen MR) is 107 cm³/mol. The van der Waals surface area contributed by atoms with Crippen LogP contribution in [-0.4, -0.2) is 9.55 Å². The molecular weight excluding hydrogens is 361 g/mol. The predicted octanol–water partition coefficient (Wildman–Crippen LogP) is 5.17. The summed E-state index contributed by atoms with van der Waals surface area (Å²) in [6.45, 7) is 2.05. The molecule has 0 radical (unpaired) electrons. The SMILES string of the molecule is Fc1ccc(Cn2cc(CNCc3ccccn3)c3ccccc32)c(Cl)c1. The van der Waals surface area contributed by atoms with E-state index in [1.54, 1.807) is 12.3 Å². The first-order valence-electron chi connectivity index (χ1n) is 8.82. The highest BCUT2D eigenvalue weighted by molar-refractivity contribution is 6.31. The van der Waals surface area contributed by atoms with Gasteiger partial charge in [-0.3, -0.25) is 4.98 Å². The zero-order valence-corrected chi connectivity index (χ0v) is 15.5. The summed E-state index contributed by atoms with van der Waals surface area (Å²) >= 11 is 6.22. The number of pyridine rings is 1. The zero-order chi connectivity index (χ0) is 18.6. The summed E-state index contributed by atoms with van der Waals surface area (Å²) < 4.78 is 15.5. The minimum absolute atomic E-state index is 0.319. The number of para-hydroxylation sites is 1. The highest BCUT2D eigenvalue weighted by Crippen LogP contribution is 2.25. The van der Waals surface area contributed by atoms with Gasteiger partial charge in [0.25, 0.3) is 0 Å². The monoisotopic (exact) mass is 379 g/mol. The third kappa shape index (κ3) is 4.02. The topological polar surface area (TPSA) is 29.9 Å². The second-order valence-electron chi connectivity index (χ2n) is 6.46. The Labute approximate surface area is 162 Å². The van der Waals surface area contributed by atoms with Gasteiger partial charge >= 0.3 is 0 Å². The lowest BCUT2D eigenvalue weighted by molar-refractivity contribution is 0.626. The summed E-state index contributed by atoms with van der Waals surface area (Å²) in [5.74, 6) is -0.319. The smallest absolute Gasteiger partial charge is 0.124 e. The van der Waals surface area contributed by atoms with E-state index in [9.17, 15) is 4.39 Å². The van der Waals surface area contributed by atoms with Crippen LogP contribution in [0.4, 0.5) is 4.39 Å². The number of rotatable bonds is 6. The molecule has 4 aromatic rings. The molecule has 0 aliphatic rings. The zero-order valence-electron chi connectivity index (χ0n) is 14.7. The third-order valence-corrected chi connectivity index (χ3v) is 4.93. The van der Waals surface area contributed by atoms with Gasteiger partial charge in [0.1, 0.15) is 5.82 Å². The fourth-order valence-electron chi connectivity index (χ4n) is 3.26. The highest BCUT2D eigenvalue weighted by atomic mass is 35.5. The Hall–Kier alpha value is -2.69. The van der Waals surface area contributed by atoms with Crippen molar-refractivity contribution >= 4 is 22.5 Å². The van der Waals surface area contributed by atoms with Gasteiger partial charge in [-0.15, -0.1) is 0 Å². The van der Waals surface area contributed by atoms with Gasteiger partial charge in [0, 0.05) is 48.0 Å². The Morgan fingerprint density at radius 1 is 0.963 bits per heavy atom.